The molecule has 2 amide bonds. The van der Waals surface area contributed by atoms with Crippen LogP contribution < -0.4 is 5.32 Å². The fourth-order valence-electron chi connectivity index (χ4n) is 1.99. The number of carbonyl (C=O) groups is 2. The molecule has 1 fully saturated rings. The van der Waals surface area contributed by atoms with E-state index in [-0.39, 0.29) is 17.3 Å². The molecule has 108 valence electrons. The smallest absolute Gasteiger partial charge is 0.339 e. The number of carboxylic acids is 1. The molecule has 0 spiro atoms. The molecule has 7 heteroatoms. The first kappa shape index (κ1) is 14.5. The molecule has 1 saturated heterocycles. The molecular formula is C13H16N2O4S. The molecule has 1 aliphatic rings. The zero-order chi connectivity index (χ0) is 14.7. The minimum absolute atomic E-state index is 0.231. The van der Waals surface area contributed by atoms with Crippen molar-refractivity contribution in [2.75, 3.05) is 24.2 Å². The molecular weight excluding hydrogens is 280 g/mol. The fourth-order valence-corrected chi connectivity index (χ4v) is 3.00. The third-order valence-electron chi connectivity index (χ3n) is 3.01. The lowest BCUT2D eigenvalue weighted by Crippen LogP contribution is -2.43. The number of anilines is 1. The van der Waals surface area contributed by atoms with Gasteiger partial charge >= 0.3 is 12.0 Å². The van der Waals surface area contributed by atoms with Gasteiger partial charge < -0.3 is 20.4 Å². The maximum atomic E-state index is 12.1. The number of benzene rings is 1. The molecule has 1 unspecified atom stereocenters. The molecule has 0 radical (unpaired) electrons. The van der Waals surface area contributed by atoms with Gasteiger partial charge in [-0.2, -0.15) is 11.8 Å². The monoisotopic (exact) mass is 296 g/mol. The van der Waals surface area contributed by atoms with E-state index in [1.807, 2.05) is 11.8 Å². The summed E-state index contributed by atoms with van der Waals surface area (Å²) in [6, 6.07) is 3.73. The highest BCUT2D eigenvalue weighted by Gasteiger charge is 2.21. The lowest BCUT2D eigenvalue weighted by Gasteiger charge is -2.30. The summed E-state index contributed by atoms with van der Waals surface area (Å²) in [6.45, 7) is 3.40. The molecule has 6 nitrogen and oxygen atoms in total. The van der Waals surface area contributed by atoms with Crippen LogP contribution >= 0.6 is 11.8 Å². The molecule has 1 aliphatic heterocycles. The Balaban J connectivity index is 2.07. The Morgan fingerprint density at radius 3 is 2.85 bits per heavy atom. The van der Waals surface area contributed by atoms with E-state index in [0.717, 1.165) is 5.75 Å². The number of phenols is 1. The summed E-state index contributed by atoms with van der Waals surface area (Å²) in [5.41, 5.74) is 0.126. The number of amides is 2. The molecule has 3 N–H and O–H groups in total. The van der Waals surface area contributed by atoms with E-state index < -0.39 is 5.97 Å². The van der Waals surface area contributed by atoms with E-state index >= 15 is 0 Å². The average molecular weight is 296 g/mol. The molecule has 0 saturated carbocycles. The van der Waals surface area contributed by atoms with Crippen molar-refractivity contribution in [3.8, 4) is 5.75 Å². The molecule has 20 heavy (non-hydrogen) atoms. The van der Waals surface area contributed by atoms with Gasteiger partial charge in [-0.25, -0.2) is 9.59 Å². The Morgan fingerprint density at radius 2 is 2.20 bits per heavy atom. The third-order valence-corrected chi connectivity index (χ3v) is 4.14. The molecule has 0 aliphatic carbocycles. The molecule has 1 aromatic rings. The quantitative estimate of drug-likeness (QED) is 0.727. The number of aromatic carboxylic acids is 1. The predicted molar refractivity (Wildman–Crippen MR) is 77.6 cm³/mol. The van der Waals surface area contributed by atoms with Crippen LogP contribution in [-0.4, -0.2) is 51.2 Å². The number of carbonyl (C=O) groups excluding carboxylic acids is 1. The van der Waals surface area contributed by atoms with Gasteiger partial charge in [0.25, 0.3) is 0 Å². The highest BCUT2D eigenvalue weighted by molar-refractivity contribution is 7.99. The number of nitrogens with one attached hydrogen (secondary N) is 1. The number of rotatable bonds is 2. The Labute approximate surface area is 120 Å². The maximum Gasteiger partial charge on any atom is 0.339 e. The number of aromatic hydroxyl groups is 1. The zero-order valence-electron chi connectivity index (χ0n) is 11.0. The summed E-state index contributed by atoms with van der Waals surface area (Å²) >= 11 is 1.82. The lowest BCUT2D eigenvalue weighted by atomic mass is 10.2. The summed E-state index contributed by atoms with van der Waals surface area (Å²) in [7, 11) is 0. The summed E-state index contributed by atoms with van der Waals surface area (Å²) in [5, 5.41) is 21.4. The van der Waals surface area contributed by atoms with Crippen LogP contribution in [0.1, 0.15) is 17.3 Å². The highest BCUT2D eigenvalue weighted by Crippen LogP contribution is 2.23. The summed E-state index contributed by atoms with van der Waals surface area (Å²) in [6.07, 6.45) is 0. The van der Waals surface area contributed by atoms with Crippen LogP contribution in [0.3, 0.4) is 0 Å². The van der Waals surface area contributed by atoms with Gasteiger partial charge in [0.05, 0.1) is 0 Å². The van der Waals surface area contributed by atoms with Gasteiger partial charge in [0, 0.05) is 29.8 Å². The van der Waals surface area contributed by atoms with Crippen LogP contribution in [0.4, 0.5) is 10.5 Å². The minimum Gasteiger partial charge on any atom is -0.507 e. The van der Waals surface area contributed by atoms with Crippen molar-refractivity contribution in [1.29, 1.82) is 0 Å². The van der Waals surface area contributed by atoms with Gasteiger partial charge in [0.2, 0.25) is 0 Å². The Bertz CT molecular complexity index is 535. The van der Waals surface area contributed by atoms with Crippen molar-refractivity contribution in [2.24, 2.45) is 0 Å². The van der Waals surface area contributed by atoms with Crippen LogP contribution in [0.5, 0.6) is 5.75 Å². The minimum atomic E-state index is -1.23. The van der Waals surface area contributed by atoms with Gasteiger partial charge in [-0.15, -0.1) is 0 Å². The highest BCUT2D eigenvalue weighted by atomic mass is 32.2. The number of urea groups is 1. The Morgan fingerprint density at radius 1 is 1.45 bits per heavy atom. The SMILES string of the molecule is CC1CN(C(=O)Nc2ccc(O)c(C(=O)O)c2)CCS1. The predicted octanol–water partition coefficient (Wildman–Crippen LogP) is 2.06. The first-order valence-corrected chi connectivity index (χ1v) is 7.26. The van der Waals surface area contributed by atoms with Gasteiger partial charge in [-0.05, 0) is 18.2 Å². The van der Waals surface area contributed by atoms with Crippen LogP contribution in [-0.2, 0) is 0 Å². The number of hydrogen-bond acceptors (Lipinski definition) is 4. The van der Waals surface area contributed by atoms with Gasteiger partial charge in [-0.1, -0.05) is 6.92 Å². The first-order chi connectivity index (χ1) is 9.47. The number of hydrogen-bond donors (Lipinski definition) is 3. The number of carboxylic acid groups (broad SMARTS) is 1. The van der Waals surface area contributed by atoms with Crippen molar-refractivity contribution in [2.45, 2.75) is 12.2 Å². The summed E-state index contributed by atoms with van der Waals surface area (Å²) < 4.78 is 0. The number of thioether (sulfide) groups is 1. The molecule has 1 atom stereocenters. The van der Waals surface area contributed by atoms with Crippen molar-refractivity contribution < 1.29 is 19.8 Å². The Hall–Kier alpha value is -1.89. The van der Waals surface area contributed by atoms with Crippen LogP contribution in [0, 0.1) is 0 Å². The van der Waals surface area contributed by atoms with Crippen molar-refractivity contribution >= 4 is 29.4 Å². The second-order valence-corrected chi connectivity index (χ2v) is 6.14. The van der Waals surface area contributed by atoms with Gasteiger partial charge in [-0.3, -0.25) is 0 Å². The van der Waals surface area contributed by atoms with Crippen molar-refractivity contribution in [1.82, 2.24) is 4.90 Å². The molecule has 1 heterocycles. The number of nitrogens with zero attached hydrogens (tertiary/aromatic N) is 1. The lowest BCUT2D eigenvalue weighted by molar-refractivity contribution is 0.0693. The third kappa shape index (κ3) is 3.36. The van der Waals surface area contributed by atoms with E-state index in [1.54, 1.807) is 4.90 Å². The van der Waals surface area contributed by atoms with E-state index in [4.69, 9.17) is 5.11 Å². The van der Waals surface area contributed by atoms with Gasteiger partial charge in [0.1, 0.15) is 11.3 Å². The molecule has 1 aromatic carbocycles. The van der Waals surface area contributed by atoms with E-state index in [0.29, 0.717) is 24.0 Å². The first-order valence-electron chi connectivity index (χ1n) is 6.21. The maximum absolute atomic E-state index is 12.1. The van der Waals surface area contributed by atoms with Gasteiger partial charge in [0.15, 0.2) is 0 Å². The summed E-state index contributed by atoms with van der Waals surface area (Å²) in [4.78, 5) is 24.7. The molecule has 0 aromatic heterocycles. The standard InChI is InChI=1S/C13H16N2O4S/c1-8-7-15(4-5-20-8)13(19)14-9-2-3-11(16)10(6-9)12(17)18/h2-3,6,8,16H,4-5,7H2,1H3,(H,14,19)(H,17,18). The summed E-state index contributed by atoms with van der Waals surface area (Å²) in [5.74, 6) is -0.662. The van der Waals surface area contributed by atoms with Crippen molar-refractivity contribution in [3.05, 3.63) is 23.8 Å². The topological polar surface area (TPSA) is 89.9 Å². The average Bonchev–Trinajstić information content (AvgIpc) is 2.40. The molecule has 0 bridgehead atoms. The van der Waals surface area contributed by atoms with E-state index in [2.05, 4.69) is 12.2 Å². The van der Waals surface area contributed by atoms with E-state index in [9.17, 15) is 14.7 Å². The van der Waals surface area contributed by atoms with E-state index in [1.165, 1.54) is 18.2 Å². The second kappa shape index (κ2) is 6.04. The van der Waals surface area contributed by atoms with Crippen LogP contribution in [0.15, 0.2) is 18.2 Å². The van der Waals surface area contributed by atoms with Crippen LogP contribution in [0.2, 0.25) is 0 Å². The van der Waals surface area contributed by atoms with Crippen LogP contribution in [0.25, 0.3) is 0 Å². The van der Waals surface area contributed by atoms with Crippen molar-refractivity contribution in [3.63, 3.8) is 0 Å². The second-order valence-electron chi connectivity index (χ2n) is 4.59. The largest absolute Gasteiger partial charge is 0.507 e. The normalized spacial score (nSPS) is 18.6. The molecule has 2 rings (SSSR count). The Kier molecular flexibility index (Phi) is 4.39. The fraction of sp³-hybridized carbons (Fsp3) is 0.385. The zero-order valence-corrected chi connectivity index (χ0v) is 11.8.